The van der Waals surface area contributed by atoms with Crippen LogP contribution < -0.4 is 10.6 Å². The Balaban J connectivity index is 2.49. The number of aliphatic imine (C=N–C) groups is 1. The second-order valence-corrected chi connectivity index (χ2v) is 6.61. The van der Waals surface area contributed by atoms with Crippen LogP contribution in [0.3, 0.4) is 0 Å². The molecule has 0 saturated heterocycles. The number of thiophene rings is 1. The third kappa shape index (κ3) is 7.85. The van der Waals surface area contributed by atoms with Gasteiger partial charge in [0, 0.05) is 25.1 Å². The predicted octanol–water partition coefficient (Wildman–Crippen LogP) is 2.48. The van der Waals surface area contributed by atoms with Crippen molar-refractivity contribution >= 4 is 17.3 Å². The van der Waals surface area contributed by atoms with Crippen LogP contribution in [0, 0.1) is 5.41 Å². The lowest BCUT2D eigenvalue weighted by Gasteiger charge is -2.21. The van der Waals surface area contributed by atoms with Crippen LogP contribution in [-0.2, 0) is 11.3 Å². The first-order valence-corrected chi connectivity index (χ1v) is 7.43. The van der Waals surface area contributed by atoms with Crippen molar-refractivity contribution in [2.75, 3.05) is 26.8 Å². The molecule has 0 aliphatic carbocycles. The minimum atomic E-state index is 0.229. The Hall–Kier alpha value is -1.07. The molecule has 2 N–H and O–H groups in total. The van der Waals surface area contributed by atoms with Crippen molar-refractivity contribution in [3.63, 3.8) is 0 Å². The summed E-state index contributed by atoms with van der Waals surface area (Å²) in [6.45, 7) is 9.64. The summed E-state index contributed by atoms with van der Waals surface area (Å²) in [6.07, 6.45) is 0. The van der Waals surface area contributed by atoms with Crippen LogP contribution in [0.15, 0.2) is 22.5 Å². The van der Waals surface area contributed by atoms with E-state index in [1.165, 1.54) is 4.88 Å². The Labute approximate surface area is 120 Å². The Morgan fingerprint density at radius 3 is 2.74 bits per heavy atom. The standard InChI is InChI=1S/C14H25N3OS/c1-14(2,3)11-17-13(15-7-8-18-4)16-10-12-6-5-9-19-12/h5-6,9H,7-8,10-11H2,1-4H3,(H2,15,16,17). The summed E-state index contributed by atoms with van der Waals surface area (Å²) in [5, 5.41) is 8.72. The van der Waals surface area contributed by atoms with Crippen molar-refractivity contribution in [3.05, 3.63) is 22.4 Å². The van der Waals surface area contributed by atoms with Gasteiger partial charge in [-0.3, -0.25) is 0 Å². The Bertz CT molecular complexity index is 369. The van der Waals surface area contributed by atoms with E-state index in [0.717, 1.165) is 19.0 Å². The summed E-state index contributed by atoms with van der Waals surface area (Å²) in [5.41, 5.74) is 0.229. The smallest absolute Gasteiger partial charge is 0.191 e. The normalized spacial score (nSPS) is 12.5. The minimum Gasteiger partial charge on any atom is -0.383 e. The quantitative estimate of drug-likeness (QED) is 0.479. The molecule has 1 heterocycles. The zero-order chi connectivity index (χ0) is 14.1. The summed E-state index contributed by atoms with van der Waals surface area (Å²) in [6, 6.07) is 4.15. The first kappa shape index (κ1) is 16.0. The maximum Gasteiger partial charge on any atom is 0.191 e. The third-order valence-electron chi connectivity index (χ3n) is 2.36. The van der Waals surface area contributed by atoms with E-state index >= 15 is 0 Å². The monoisotopic (exact) mass is 283 g/mol. The minimum absolute atomic E-state index is 0.229. The lowest BCUT2D eigenvalue weighted by atomic mass is 9.97. The van der Waals surface area contributed by atoms with Crippen molar-refractivity contribution < 1.29 is 4.74 Å². The van der Waals surface area contributed by atoms with Crippen LogP contribution in [0.5, 0.6) is 0 Å². The first-order chi connectivity index (χ1) is 9.01. The molecular formula is C14H25N3OS. The van der Waals surface area contributed by atoms with Crippen LogP contribution in [0.4, 0.5) is 0 Å². The van der Waals surface area contributed by atoms with Crippen LogP contribution >= 0.6 is 11.3 Å². The van der Waals surface area contributed by atoms with Gasteiger partial charge in [-0.25, -0.2) is 4.99 Å². The fourth-order valence-electron chi connectivity index (χ4n) is 1.35. The van der Waals surface area contributed by atoms with Crippen molar-refractivity contribution in [1.82, 2.24) is 10.6 Å². The highest BCUT2D eigenvalue weighted by molar-refractivity contribution is 7.09. The average Bonchev–Trinajstić information content (AvgIpc) is 2.84. The molecule has 4 nitrogen and oxygen atoms in total. The third-order valence-corrected chi connectivity index (χ3v) is 3.22. The molecule has 1 aromatic heterocycles. The van der Waals surface area contributed by atoms with Gasteiger partial charge in [0.05, 0.1) is 13.2 Å². The average molecular weight is 283 g/mol. The summed E-state index contributed by atoms with van der Waals surface area (Å²) >= 11 is 1.73. The van der Waals surface area contributed by atoms with Crippen molar-refractivity contribution in [2.24, 2.45) is 10.4 Å². The molecule has 5 heteroatoms. The summed E-state index contributed by atoms with van der Waals surface area (Å²) in [4.78, 5) is 5.86. The molecule has 1 rings (SSSR count). The molecule has 0 aromatic carbocycles. The Morgan fingerprint density at radius 1 is 1.37 bits per heavy atom. The van der Waals surface area contributed by atoms with Gasteiger partial charge >= 0.3 is 0 Å². The molecule has 0 aliphatic rings. The fourth-order valence-corrected chi connectivity index (χ4v) is 1.98. The van der Waals surface area contributed by atoms with Crippen LogP contribution in [0.1, 0.15) is 25.6 Å². The predicted molar refractivity (Wildman–Crippen MR) is 82.8 cm³/mol. The second kappa shape index (κ2) is 8.17. The maximum absolute atomic E-state index is 5.04. The molecule has 0 fully saturated rings. The number of nitrogens with one attached hydrogen (secondary N) is 2. The van der Waals surface area contributed by atoms with Gasteiger partial charge in [-0.2, -0.15) is 0 Å². The van der Waals surface area contributed by atoms with E-state index in [1.807, 2.05) is 0 Å². The van der Waals surface area contributed by atoms with E-state index in [9.17, 15) is 0 Å². The van der Waals surface area contributed by atoms with Crippen LogP contribution in [-0.4, -0.2) is 32.8 Å². The van der Waals surface area contributed by atoms with E-state index in [4.69, 9.17) is 4.74 Å². The van der Waals surface area contributed by atoms with Gasteiger partial charge in [0.25, 0.3) is 0 Å². The van der Waals surface area contributed by atoms with Gasteiger partial charge in [0.1, 0.15) is 0 Å². The van der Waals surface area contributed by atoms with E-state index in [2.05, 4.69) is 53.9 Å². The molecule has 19 heavy (non-hydrogen) atoms. The number of hydrogen-bond acceptors (Lipinski definition) is 3. The number of nitrogens with zero attached hydrogens (tertiary/aromatic N) is 1. The van der Waals surface area contributed by atoms with Crippen LogP contribution in [0.2, 0.25) is 0 Å². The lowest BCUT2D eigenvalue weighted by Crippen LogP contribution is -2.42. The molecule has 1 aromatic rings. The topological polar surface area (TPSA) is 45.6 Å². The molecule has 0 spiro atoms. The second-order valence-electron chi connectivity index (χ2n) is 5.58. The van der Waals surface area contributed by atoms with E-state index in [0.29, 0.717) is 13.2 Å². The van der Waals surface area contributed by atoms with Gasteiger partial charge in [-0.15, -0.1) is 11.3 Å². The molecule has 0 aliphatic heterocycles. The summed E-state index contributed by atoms with van der Waals surface area (Å²) in [5.74, 6) is 0.848. The van der Waals surface area contributed by atoms with Gasteiger partial charge in [-0.1, -0.05) is 26.8 Å². The molecule has 0 radical (unpaired) electrons. The van der Waals surface area contributed by atoms with Crippen molar-refractivity contribution in [1.29, 1.82) is 0 Å². The Kier molecular flexibility index (Phi) is 6.87. The van der Waals surface area contributed by atoms with Gasteiger partial charge < -0.3 is 15.4 Å². The number of ether oxygens (including phenoxy) is 1. The van der Waals surface area contributed by atoms with Gasteiger partial charge in [-0.05, 0) is 16.9 Å². The SMILES string of the molecule is COCCNC(=NCc1cccs1)NCC(C)(C)C. The van der Waals surface area contributed by atoms with Gasteiger partial charge in [0.15, 0.2) is 5.96 Å². The molecule has 0 bridgehead atoms. The maximum atomic E-state index is 5.04. The van der Waals surface area contributed by atoms with E-state index < -0.39 is 0 Å². The molecule has 0 unspecified atom stereocenters. The number of hydrogen-bond donors (Lipinski definition) is 2. The highest BCUT2D eigenvalue weighted by atomic mass is 32.1. The first-order valence-electron chi connectivity index (χ1n) is 6.55. The van der Waals surface area contributed by atoms with E-state index in [1.54, 1.807) is 18.4 Å². The van der Waals surface area contributed by atoms with Crippen molar-refractivity contribution in [3.8, 4) is 0 Å². The van der Waals surface area contributed by atoms with Crippen molar-refractivity contribution in [2.45, 2.75) is 27.3 Å². The highest BCUT2D eigenvalue weighted by Gasteiger charge is 2.10. The lowest BCUT2D eigenvalue weighted by molar-refractivity contribution is 0.203. The molecule has 0 amide bonds. The van der Waals surface area contributed by atoms with E-state index in [-0.39, 0.29) is 5.41 Å². The summed E-state index contributed by atoms with van der Waals surface area (Å²) < 4.78 is 5.04. The molecule has 0 atom stereocenters. The zero-order valence-corrected chi connectivity index (χ0v) is 13.1. The largest absolute Gasteiger partial charge is 0.383 e. The number of rotatable bonds is 6. The number of methoxy groups -OCH3 is 1. The highest BCUT2D eigenvalue weighted by Crippen LogP contribution is 2.11. The molecule has 108 valence electrons. The van der Waals surface area contributed by atoms with Crippen LogP contribution in [0.25, 0.3) is 0 Å². The fraction of sp³-hybridized carbons (Fsp3) is 0.643. The number of guanidine groups is 1. The summed E-state index contributed by atoms with van der Waals surface area (Å²) in [7, 11) is 1.70. The zero-order valence-electron chi connectivity index (χ0n) is 12.3. The Morgan fingerprint density at radius 2 is 2.16 bits per heavy atom. The molecule has 0 saturated carbocycles. The molecular weight excluding hydrogens is 258 g/mol. The van der Waals surface area contributed by atoms with Gasteiger partial charge in [0.2, 0.25) is 0 Å².